The highest BCUT2D eigenvalue weighted by Gasteiger charge is 2.31. The highest BCUT2D eigenvalue weighted by atomic mass is 32.2. The predicted molar refractivity (Wildman–Crippen MR) is 84.5 cm³/mol. The van der Waals surface area contributed by atoms with E-state index in [2.05, 4.69) is 17.0 Å². The molecule has 1 aliphatic rings. The Kier molecular flexibility index (Phi) is 5.12. The Balaban J connectivity index is 2.02. The Morgan fingerprint density at radius 1 is 1.30 bits per heavy atom. The molecule has 1 heterocycles. The van der Waals surface area contributed by atoms with E-state index in [9.17, 15) is 8.42 Å². The maximum absolute atomic E-state index is 12.3. The summed E-state index contributed by atoms with van der Waals surface area (Å²) >= 11 is 1.85. The molecule has 0 radical (unpaired) electrons. The zero-order valence-electron chi connectivity index (χ0n) is 12.0. The van der Waals surface area contributed by atoms with Gasteiger partial charge in [0.15, 0.2) is 0 Å². The monoisotopic (exact) mass is 314 g/mol. The second kappa shape index (κ2) is 6.47. The van der Waals surface area contributed by atoms with Crippen LogP contribution >= 0.6 is 11.8 Å². The molecule has 1 fully saturated rings. The second-order valence-corrected chi connectivity index (χ2v) is 8.85. The molecule has 112 valence electrons. The predicted octanol–water partition coefficient (Wildman–Crippen LogP) is 1.97. The SMILES string of the molecule is CNCc1ccc(S(=O)(=O)NCC2(C)CCCS2)cc1. The molecule has 20 heavy (non-hydrogen) atoms. The maximum atomic E-state index is 12.3. The van der Waals surface area contributed by atoms with Gasteiger partial charge in [0.05, 0.1) is 4.90 Å². The van der Waals surface area contributed by atoms with E-state index in [0.717, 1.165) is 24.3 Å². The highest BCUT2D eigenvalue weighted by molar-refractivity contribution is 8.01. The van der Waals surface area contributed by atoms with Gasteiger partial charge in [0.1, 0.15) is 0 Å². The van der Waals surface area contributed by atoms with Crippen LogP contribution in [0.1, 0.15) is 25.3 Å². The molecule has 4 nitrogen and oxygen atoms in total. The summed E-state index contributed by atoms with van der Waals surface area (Å²) < 4.78 is 27.3. The highest BCUT2D eigenvalue weighted by Crippen LogP contribution is 2.37. The average molecular weight is 314 g/mol. The molecule has 1 atom stereocenters. The van der Waals surface area contributed by atoms with Crippen molar-refractivity contribution in [2.45, 2.75) is 36.0 Å². The number of thioether (sulfide) groups is 1. The average Bonchev–Trinajstić information content (AvgIpc) is 2.85. The molecule has 0 aliphatic carbocycles. The molecule has 1 aromatic carbocycles. The van der Waals surface area contributed by atoms with Gasteiger partial charge in [0, 0.05) is 17.8 Å². The first kappa shape index (κ1) is 15.8. The Morgan fingerprint density at radius 3 is 2.55 bits per heavy atom. The lowest BCUT2D eigenvalue weighted by Gasteiger charge is -2.22. The lowest BCUT2D eigenvalue weighted by molar-refractivity contribution is 0.552. The van der Waals surface area contributed by atoms with Crippen LogP contribution in [0, 0.1) is 0 Å². The Morgan fingerprint density at radius 2 is 2.00 bits per heavy atom. The van der Waals surface area contributed by atoms with Crippen molar-refractivity contribution < 1.29 is 8.42 Å². The first-order valence-corrected chi connectivity index (χ1v) is 9.29. The fraction of sp³-hybridized carbons (Fsp3) is 0.571. The maximum Gasteiger partial charge on any atom is 0.240 e. The van der Waals surface area contributed by atoms with Crippen LogP contribution in [0.4, 0.5) is 0 Å². The summed E-state index contributed by atoms with van der Waals surface area (Å²) in [5.41, 5.74) is 1.07. The van der Waals surface area contributed by atoms with E-state index in [1.807, 2.05) is 30.9 Å². The van der Waals surface area contributed by atoms with Gasteiger partial charge < -0.3 is 5.32 Å². The van der Waals surface area contributed by atoms with Gasteiger partial charge in [0.2, 0.25) is 10.0 Å². The van der Waals surface area contributed by atoms with Gasteiger partial charge in [0.25, 0.3) is 0 Å². The summed E-state index contributed by atoms with van der Waals surface area (Å²) in [6.07, 6.45) is 2.24. The van der Waals surface area contributed by atoms with E-state index in [0.29, 0.717) is 11.4 Å². The van der Waals surface area contributed by atoms with E-state index in [1.54, 1.807) is 12.1 Å². The number of hydrogen-bond acceptors (Lipinski definition) is 4. The standard InChI is InChI=1S/C14H22N2O2S2/c1-14(8-3-9-19-14)11-16-20(17,18)13-6-4-12(5-7-13)10-15-2/h4-7,15-16H,3,8-11H2,1-2H3. The Hall–Kier alpha value is -0.560. The third kappa shape index (κ3) is 3.97. The van der Waals surface area contributed by atoms with Gasteiger partial charge in [-0.05, 0) is 50.3 Å². The second-order valence-electron chi connectivity index (χ2n) is 5.40. The molecule has 2 N–H and O–H groups in total. The first-order valence-electron chi connectivity index (χ1n) is 6.82. The molecule has 1 saturated heterocycles. The van der Waals surface area contributed by atoms with Crippen LogP contribution in [0.3, 0.4) is 0 Å². The molecule has 6 heteroatoms. The molecular weight excluding hydrogens is 292 g/mol. The van der Waals surface area contributed by atoms with Gasteiger partial charge in [-0.2, -0.15) is 11.8 Å². The first-order chi connectivity index (χ1) is 9.45. The molecular formula is C14H22N2O2S2. The minimum absolute atomic E-state index is 0.0408. The molecule has 0 spiro atoms. The van der Waals surface area contributed by atoms with Crippen LogP contribution < -0.4 is 10.0 Å². The summed E-state index contributed by atoms with van der Waals surface area (Å²) in [5, 5.41) is 3.04. The number of nitrogens with one attached hydrogen (secondary N) is 2. The Labute approximate surface area is 125 Å². The fourth-order valence-electron chi connectivity index (χ4n) is 2.30. The summed E-state index contributed by atoms with van der Waals surface area (Å²) in [5.74, 6) is 1.12. The van der Waals surface area contributed by atoms with Crippen molar-refractivity contribution in [3.05, 3.63) is 29.8 Å². The zero-order valence-corrected chi connectivity index (χ0v) is 13.6. The van der Waals surface area contributed by atoms with Gasteiger partial charge in [-0.1, -0.05) is 12.1 Å². The summed E-state index contributed by atoms with van der Waals surface area (Å²) in [6.45, 7) is 3.37. The van der Waals surface area contributed by atoms with Gasteiger partial charge in [-0.3, -0.25) is 0 Å². The molecule has 1 aromatic rings. The van der Waals surface area contributed by atoms with Crippen molar-refractivity contribution in [3.8, 4) is 0 Å². The molecule has 0 aromatic heterocycles. The van der Waals surface area contributed by atoms with Crippen LogP contribution in [-0.4, -0.2) is 32.5 Å². The zero-order chi connectivity index (χ0) is 14.6. The number of benzene rings is 1. The lowest BCUT2D eigenvalue weighted by atomic mass is 10.1. The van der Waals surface area contributed by atoms with Gasteiger partial charge >= 0.3 is 0 Å². The molecule has 1 aliphatic heterocycles. The van der Waals surface area contributed by atoms with Crippen LogP contribution in [0.2, 0.25) is 0 Å². The normalized spacial score (nSPS) is 23.1. The van der Waals surface area contributed by atoms with Crippen LogP contribution in [0.5, 0.6) is 0 Å². The summed E-state index contributed by atoms with van der Waals surface area (Å²) in [4.78, 5) is 0.337. The van der Waals surface area contributed by atoms with Crippen molar-refractivity contribution in [1.82, 2.24) is 10.0 Å². The van der Waals surface area contributed by atoms with Crippen molar-refractivity contribution >= 4 is 21.8 Å². The minimum atomic E-state index is -3.40. The van der Waals surface area contributed by atoms with E-state index in [1.165, 1.54) is 6.42 Å². The molecule has 0 bridgehead atoms. The van der Waals surface area contributed by atoms with Gasteiger partial charge in [-0.25, -0.2) is 13.1 Å². The quantitative estimate of drug-likeness (QED) is 0.843. The van der Waals surface area contributed by atoms with Crippen LogP contribution in [0.25, 0.3) is 0 Å². The number of hydrogen-bond donors (Lipinski definition) is 2. The third-order valence-corrected chi connectivity index (χ3v) is 6.51. The van der Waals surface area contributed by atoms with Crippen LogP contribution in [-0.2, 0) is 16.6 Å². The minimum Gasteiger partial charge on any atom is -0.316 e. The number of sulfonamides is 1. The molecule has 2 rings (SSSR count). The van der Waals surface area contributed by atoms with E-state index < -0.39 is 10.0 Å². The summed E-state index contributed by atoms with van der Waals surface area (Å²) in [6, 6.07) is 7.02. The van der Waals surface area contributed by atoms with Crippen molar-refractivity contribution in [2.24, 2.45) is 0 Å². The molecule has 0 amide bonds. The Bertz CT molecular complexity index is 535. The third-order valence-electron chi connectivity index (χ3n) is 3.55. The van der Waals surface area contributed by atoms with E-state index in [-0.39, 0.29) is 4.75 Å². The fourth-order valence-corrected chi connectivity index (χ4v) is 4.80. The summed E-state index contributed by atoms with van der Waals surface area (Å²) in [7, 11) is -1.53. The van der Waals surface area contributed by atoms with E-state index >= 15 is 0 Å². The smallest absolute Gasteiger partial charge is 0.240 e. The number of rotatable bonds is 6. The van der Waals surface area contributed by atoms with Crippen LogP contribution in [0.15, 0.2) is 29.2 Å². The van der Waals surface area contributed by atoms with Gasteiger partial charge in [-0.15, -0.1) is 0 Å². The van der Waals surface area contributed by atoms with Crippen molar-refractivity contribution in [2.75, 3.05) is 19.3 Å². The molecule has 0 saturated carbocycles. The largest absolute Gasteiger partial charge is 0.316 e. The topological polar surface area (TPSA) is 58.2 Å². The van der Waals surface area contributed by atoms with Crippen molar-refractivity contribution in [3.63, 3.8) is 0 Å². The molecule has 1 unspecified atom stereocenters. The van der Waals surface area contributed by atoms with E-state index in [4.69, 9.17) is 0 Å². The van der Waals surface area contributed by atoms with Crippen molar-refractivity contribution in [1.29, 1.82) is 0 Å². The lowest BCUT2D eigenvalue weighted by Crippen LogP contribution is -2.36.